The van der Waals surface area contributed by atoms with Crippen LogP contribution in [0.15, 0.2) is 0 Å². The third kappa shape index (κ3) is 3.87. The van der Waals surface area contributed by atoms with Gasteiger partial charge >= 0.3 is 12.0 Å². The van der Waals surface area contributed by atoms with Gasteiger partial charge in [0.2, 0.25) is 0 Å². The summed E-state index contributed by atoms with van der Waals surface area (Å²) in [4.78, 5) is 25.7. The van der Waals surface area contributed by atoms with Crippen LogP contribution in [0.25, 0.3) is 0 Å². The average Bonchev–Trinajstić information content (AvgIpc) is 2.48. The molecule has 0 radical (unpaired) electrons. The number of rotatable bonds is 4. The molecule has 0 aromatic carbocycles. The van der Waals surface area contributed by atoms with Gasteiger partial charge in [-0.1, -0.05) is 19.3 Å². The molecule has 6 heteroatoms. The number of hydrogen-bond donors (Lipinski definition) is 2. The van der Waals surface area contributed by atoms with Crippen molar-refractivity contribution in [2.24, 2.45) is 0 Å². The van der Waals surface area contributed by atoms with E-state index in [4.69, 9.17) is 4.74 Å². The zero-order valence-electron chi connectivity index (χ0n) is 12.8. The van der Waals surface area contributed by atoms with Crippen molar-refractivity contribution in [2.75, 3.05) is 19.7 Å². The number of ether oxygens (including phenoxy) is 1. The number of carboxylic acid groups (broad SMARTS) is 1. The number of aliphatic carboxylic acids is 1. The van der Waals surface area contributed by atoms with Crippen LogP contribution < -0.4 is 5.32 Å². The van der Waals surface area contributed by atoms with Gasteiger partial charge in [-0.25, -0.2) is 9.59 Å². The Morgan fingerprint density at radius 2 is 2.00 bits per heavy atom. The third-order valence-electron chi connectivity index (χ3n) is 4.53. The van der Waals surface area contributed by atoms with Crippen LogP contribution in [-0.2, 0) is 9.53 Å². The summed E-state index contributed by atoms with van der Waals surface area (Å²) in [5.41, 5.74) is -1.08. The van der Waals surface area contributed by atoms with Crippen LogP contribution in [0.1, 0.15) is 51.9 Å². The molecule has 1 unspecified atom stereocenters. The van der Waals surface area contributed by atoms with Crippen molar-refractivity contribution in [3.05, 3.63) is 0 Å². The van der Waals surface area contributed by atoms with E-state index in [9.17, 15) is 14.7 Å². The van der Waals surface area contributed by atoms with E-state index in [2.05, 4.69) is 5.32 Å². The molecule has 0 aromatic heterocycles. The second-order valence-corrected chi connectivity index (χ2v) is 6.04. The van der Waals surface area contributed by atoms with Crippen LogP contribution in [0.5, 0.6) is 0 Å². The molecule has 1 saturated carbocycles. The molecule has 1 heterocycles. The van der Waals surface area contributed by atoms with Gasteiger partial charge in [-0.15, -0.1) is 0 Å². The number of carbonyl (C=O) groups is 2. The number of piperidine rings is 1. The molecule has 1 aliphatic heterocycles. The van der Waals surface area contributed by atoms with Crippen molar-refractivity contribution in [2.45, 2.75) is 63.5 Å². The number of nitrogens with zero attached hydrogens (tertiary/aromatic N) is 1. The van der Waals surface area contributed by atoms with Crippen LogP contribution in [0.3, 0.4) is 0 Å². The first kappa shape index (κ1) is 16.1. The van der Waals surface area contributed by atoms with Gasteiger partial charge in [0, 0.05) is 19.7 Å². The Balaban J connectivity index is 1.97. The maximum Gasteiger partial charge on any atom is 0.329 e. The Bertz CT molecular complexity index is 378. The molecule has 2 rings (SSSR count). The molecule has 21 heavy (non-hydrogen) atoms. The van der Waals surface area contributed by atoms with Gasteiger partial charge in [-0.05, 0) is 32.6 Å². The number of nitrogens with one attached hydrogen (secondary N) is 1. The minimum Gasteiger partial charge on any atom is -0.480 e. The fraction of sp³-hybridized carbons (Fsp3) is 0.867. The maximum absolute atomic E-state index is 12.4. The van der Waals surface area contributed by atoms with Crippen molar-refractivity contribution >= 4 is 12.0 Å². The van der Waals surface area contributed by atoms with Crippen molar-refractivity contribution in [3.8, 4) is 0 Å². The van der Waals surface area contributed by atoms with E-state index in [1.54, 1.807) is 4.90 Å². The largest absolute Gasteiger partial charge is 0.480 e. The monoisotopic (exact) mass is 298 g/mol. The minimum absolute atomic E-state index is 0.0710. The highest BCUT2D eigenvalue weighted by molar-refractivity contribution is 5.86. The number of hydrogen-bond acceptors (Lipinski definition) is 3. The molecule has 6 nitrogen and oxygen atoms in total. The molecule has 0 aromatic rings. The first-order valence-corrected chi connectivity index (χ1v) is 7.99. The van der Waals surface area contributed by atoms with E-state index >= 15 is 0 Å². The predicted octanol–water partition coefficient (Wildman–Crippen LogP) is 1.98. The Morgan fingerprint density at radius 1 is 1.29 bits per heavy atom. The lowest BCUT2D eigenvalue weighted by molar-refractivity contribution is -0.146. The van der Waals surface area contributed by atoms with Crippen molar-refractivity contribution in [1.29, 1.82) is 0 Å². The molecule has 2 aliphatic rings. The normalized spacial score (nSPS) is 25.4. The molecule has 2 N–H and O–H groups in total. The Kier molecular flexibility index (Phi) is 5.45. The summed E-state index contributed by atoms with van der Waals surface area (Å²) in [6.45, 7) is 3.81. The fourth-order valence-electron chi connectivity index (χ4n) is 3.33. The summed E-state index contributed by atoms with van der Waals surface area (Å²) in [7, 11) is 0. The van der Waals surface area contributed by atoms with Gasteiger partial charge in [-0.3, -0.25) is 0 Å². The minimum atomic E-state index is -1.08. The number of amides is 2. The standard InChI is InChI=1S/C15H26N2O4/c1-2-21-12-7-6-10-17(11-12)14(20)16-15(13(18)19)8-4-3-5-9-15/h12H,2-11H2,1H3,(H,16,20)(H,18,19). The van der Waals surface area contributed by atoms with Gasteiger partial charge < -0.3 is 20.1 Å². The molecule has 1 saturated heterocycles. The van der Waals surface area contributed by atoms with E-state index in [1.165, 1.54) is 0 Å². The third-order valence-corrected chi connectivity index (χ3v) is 4.53. The number of urea groups is 1. The summed E-state index contributed by atoms with van der Waals surface area (Å²) in [6.07, 6.45) is 5.73. The number of likely N-dealkylation sites (tertiary alicyclic amines) is 1. The highest BCUT2D eigenvalue weighted by Gasteiger charge is 2.42. The molecule has 2 fully saturated rings. The molecule has 1 aliphatic carbocycles. The summed E-state index contributed by atoms with van der Waals surface area (Å²) in [5, 5.41) is 12.3. The second kappa shape index (κ2) is 7.11. The Labute approximate surface area is 125 Å². The number of carbonyl (C=O) groups excluding carboxylic acids is 1. The second-order valence-electron chi connectivity index (χ2n) is 6.04. The van der Waals surface area contributed by atoms with E-state index < -0.39 is 11.5 Å². The van der Waals surface area contributed by atoms with Gasteiger partial charge in [-0.2, -0.15) is 0 Å². The van der Waals surface area contributed by atoms with Gasteiger partial charge in [0.15, 0.2) is 0 Å². The van der Waals surface area contributed by atoms with Gasteiger partial charge in [0.05, 0.1) is 6.10 Å². The highest BCUT2D eigenvalue weighted by Crippen LogP contribution is 2.29. The van der Waals surface area contributed by atoms with Gasteiger partial charge in [0.25, 0.3) is 0 Å². The van der Waals surface area contributed by atoms with Crippen molar-refractivity contribution < 1.29 is 19.4 Å². The lowest BCUT2D eigenvalue weighted by atomic mass is 9.82. The van der Waals surface area contributed by atoms with Crippen molar-refractivity contribution in [3.63, 3.8) is 0 Å². The van der Waals surface area contributed by atoms with Crippen LogP contribution in [0.2, 0.25) is 0 Å². The van der Waals surface area contributed by atoms with Crippen molar-refractivity contribution in [1.82, 2.24) is 10.2 Å². The van der Waals surface area contributed by atoms with E-state index in [-0.39, 0.29) is 12.1 Å². The smallest absolute Gasteiger partial charge is 0.329 e. The Hall–Kier alpha value is -1.30. The summed E-state index contributed by atoms with van der Waals surface area (Å²) in [6, 6.07) is -0.260. The summed E-state index contributed by atoms with van der Waals surface area (Å²) >= 11 is 0. The molecular formula is C15H26N2O4. The molecular weight excluding hydrogens is 272 g/mol. The summed E-state index contributed by atoms with van der Waals surface area (Å²) < 4.78 is 5.59. The van der Waals surface area contributed by atoms with E-state index in [0.29, 0.717) is 32.5 Å². The first-order chi connectivity index (χ1) is 10.1. The van der Waals surface area contributed by atoms with Crippen LogP contribution >= 0.6 is 0 Å². The highest BCUT2D eigenvalue weighted by atomic mass is 16.5. The first-order valence-electron chi connectivity index (χ1n) is 7.99. The Morgan fingerprint density at radius 3 is 2.62 bits per heavy atom. The average molecular weight is 298 g/mol. The molecule has 1 atom stereocenters. The predicted molar refractivity (Wildman–Crippen MR) is 78.2 cm³/mol. The zero-order valence-corrected chi connectivity index (χ0v) is 12.8. The summed E-state index contributed by atoms with van der Waals surface area (Å²) in [5.74, 6) is -0.908. The molecule has 2 amide bonds. The zero-order chi connectivity index (χ0) is 15.3. The van der Waals surface area contributed by atoms with E-state index in [0.717, 1.165) is 32.1 Å². The quantitative estimate of drug-likeness (QED) is 0.832. The number of carboxylic acids is 1. The maximum atomic E-state index is 12.4. The SMILES string of the molecule is CCOC1CCCN(C(=O)NC2(C(=O)O)CCCCC2)C1. The van der Waals surface area contributed by atoms with Crippen LogP contribution in [-0.4, -0.2) is 53.3 Å². The molecule has 0 spiro atoms. The van der Waals surface area contributed by atoms with E-state index in [1.807, 2.05) is 6.92 Å². The van der Waals surface area contributed by atoms with Crippen LogP contribution in [0, 0.1) is 0 Å². The lowest BCUT2D eigenvalue weighted by Crippen LogP contribution is -2.60. The van der Waals surface area contributed by atoms with Gasteiger partial charge in [0.1, 0.15) is 5.54 Å². The molecule has 0 bridgehead atoms. The fourth-order valence-corrected chi connectivity index (χ4v) is 3.33. The molecule has 120 valence electrons. The topological polar surface area (TPSA) is 78.9 Å². The lowest BCUT2D eigenvalue weighted by Gasteiger charge is -2.38. The van der Waals surface area contributed by atoms with Crippen LogP contribution in [0.4, 0.5) is 4.79 Å².